The molecule has 2 bridgehead atoms. The third-order valence-corrected chi connectivity index (χ3v) is 23.8. The van der Waals surface area contributed by atoms with Gasteiger partial charge in [-0.05, 0) is 145 Å². The van der Waals surface area contributed by atoms with E-state index in [1.807, 2.05) is 0 Å². The molecule has 32 heteroatoms. The fraction of sp³-hybridized carbons (Fsp3) is 0.833. The Morgan fingerprint density at radius 3 is 1.77 bits per heavy atom. The van der Waals surface area contributed by atoms with Crippen LogP contribution in [-0.2, 0) is 57.5 Å². The van der Waals surface area contributed by atoms with Crippen molar-refractivity contribution in [2.75, 3.05) is 82.6 Å². The van der Waals surface area contributed by atoms with Gasteiger partial charge < -0.3 is 60.0 Å². The van der Waals surface area contributed by atoms with Crippen LogP contribution in [0.2, 0.25) is 0 Å². The number of rotatable bonds is 10. The minimum atomic E-state index is -5.20. The second-order valence-corrected chi connectivity index (χ2v) is 31.3. The standard InChI is InChI=1S/C72H112F8N12O12/c1-13-42(4)59-67(102)86(8)40-57(95)88(10)52-30-23-41(3)38-92(66(52)101)54(36-43-24-27-46(28-25-43)71(75,76)77)65(100)85(7)39-55(93)81-49(29-26-44-34-47(73)58(48(74)35-44)72(78,79)80)63(98)91-33-19-22-51(91)62(97)83-70(31-17-18-32-70)69(104)90(12)60(45-20-15-16-21-45)68(103)89(11)53(64(99)84(5)6)37-56(94)87(9)50(14-2)61(96)82-59/h41-54,58-60H,13-40H2,1-12H3,(H,81,93)(H,82,96)(H,83,97)/t41-,42+,43?,44?,46?,47?,48?,49+,50+,51+,52+,53+,54+,58?,59+,60+/m1/s1. The van der Waals surface area contributed by atoms with Crippen LogP contribution in [0.25, 0.3) is 0 Å². The van der Waals surface area contributed by atoms with E-state index in [0.29, 0.717) is 51.4 Å². The van der Waals surface area contributed by atoms with E-state index >= 15 is 37.5 Å². The summed E-state index contributed by atoms with van der Waals surface area (Å²) < 4.78 is 115. The maximum absolute atomic E-state index is 15.5. The topological polar surface area (TPSA) is 270 Å². The van der Waals surface area contributed by atoms with Crippen molar-refractivity contribution < 1.29 is 92.7 Å². The lowest BCUT2D eigenvalue weighted by Gasteiger charge is -2.42. The van der Waals surface area contributed by atoms with Crippen molar-refractivity contribution >= 4 is 70.9 Å². The van der Waals surface area contributed by atoms with Gasteiger partial charge in [0.25, 0.3) is 0 Å². The second-order valence-electron chi connectivity index (χ2n) is 31.3. The third kappa shape index (κ3) is 19.8. The highest BCUT2D eigenvalue weighted by atomic mass is 19.4. The maximum Gasteiger partial charge on any atom is 0.397 e. The summed E-state index contributed by atoms with van der Waals surface area (Å²) in [6, 6.07) is -10.9. The molecule has 0 aromatic rings. The number of carbonyl (C=O) groups is 12. The number of hydrogen-bond acceptors (Lipinski definition) is 12. The fourth-order valence-corrected chi connectivity index (χ4v) is 17.2. The molecule has 24 nitrogen and oxygen atoms in total. The van der Waals surface area contributed by atoms with Crippen molar-refractivity contribution in [2.45, 2.75) is 260 Å². The van der Waals surface area contributed by atoms with Crippen molar-refractivity contribution in [1.82, 2.24) is 60.0 Å². The molecule has 0 aromatic heterocycles. The lowest BCUT2D eigenvalue weighted by molar-refractivity contribution is -0.219. The molecule has 7 aliphatic rings. The Bertz CT molecular complexity index is 3080. The van der Waals surface area contributed by atoms with E-state index in [9.17, 15) is 55.1 Å². The molecule has 12 atom stereocenters. The molecule has 1 spiro atoms. The summed E-state index contributed by atoms with van der Waals surface area (Å²) in [5.41, 5.74) is -1.66. The molecule has 3 N–H and O–H groups in total. The Morgan fingerprint density at radius 1 is 0.596 bits per heavy atom. The van der Waals surface area contributed by atoms with Crippen LogP contribution in [0.1, 0.15) is 182 Å². The smallest absolute Gasteiger partial charge is 0.347 e. The first kappa shape index (κ1) is 84.3. The number of amides is 12. The zero-order chi connectivity index (χ0) is 77.4. The first-order chi connectivity index (χ1) is 48.7. The molecular weight excluding hydrogens is 1380 g/mol. The van der Waals surface area contributed by atoms with E-state index in [1.165, 1.54) is 76.0 Å². The van der Waals surface area contributed by atoms with Crippen LogP contribution in [0, 0.1) is 41.4 Å². The lowest BCUT2D eigenvalue weighted by Crippen LogP contribution is -2.65. The van der Waals surface area contributed by atoms with E-state index in [4.69, 9.17) is 0 Å². The summed E-state index contributed by atoms with van der Waals surface area (Å²) in [6.45, 7) is 5.28. The zero-order valence-electron chi connectivity index (χ0n) is 62.6. The van der Waals surface area contributed by atoms with Crippen molar-refractivity contribution in [3.8, 4) is 0 Å². The zero-order valence-corrected chi connectivity index (χ0v) is 62.6. The Hall–Kier alpha value is -6.92. The number of carbonyl (C=O) groups excluding carboxylic acids is 12. The SMILES string of the molecule is CC[C@H](C)[C@@H]1NC(=O)[C@H](CC)N(C)C(=O)C[C@@H](C(=O)N(C)C)N(C)C(=O)[C@H](C2CCCC2)N(C)C(=O)C2(CCCC2)NC(=O)[C@@H]2CCCN2C(=O)[C@H](CCC2CC(F)C(C(F)(F)F)C(F)C2)NC(=O)CN(C)C(=O)[C@H](CC2CCC(C(F)(F)F)CC2)N2C[C@H](C)CC[C@@H](C2=O)N(C)C(=O)CN(C)C1=O. The quantitative estimate of drug-likeness (QED) is 0.207. The number of halogens is 8. The average molecular weight is 1490 g/mol. The lowest BCUT2D eigenvalue weighted by atomic mass is 9.76. The average Bonchev–Trinajstić information content (AvgIpc) is 1.55. The Kier molecular flexibility index (Phi) is 28.9. The third-order valence-electron chi connectivity index (χ3n) is 23.8. The molecule has 0 radical (unpaired) electrons. The van der Waals surface area contributed by atoms with Gasteiger partial charge >= 0.3 is 12.4 Å². The summed E-state index contributed by atoms with van der Waals surface area (Å²) in [5, 5.41) is 8.42. The molecular formula is C72H112F8N12O12. The van der Waals surface area contributed by atoms with Crippen LogP contribution >= 0.6 is 0 Å². The minimum absolute atomic E-state index is 0.00835. The molecule has 7 rings (SSSR count). The summed E-state index contributed by atoms with van der Waals surface area (Å²) >= 11 is 0. The molecule has 4 aliphatic carbocycles. The highest BCUT2D eigenvalue weighted by Gasteiger charge is 2.55. The van der Waals surface area contributed by atoms with Gasteiger partial charge in [-0.15, -0.1) is 0 Å². The monoisotopic (exact) mass is 1490 g/mol. The van der Waals surface area contributed by atoms with Crippen molar-refractivity contribution in [2.24, 2.45) is 41.4 Å². The second kappa shape index (κ2) is 35.7. The Labute approximate surface area is 605 Å². The first-order valence-electron chi connectivity index (χ1n) is 37.4. The number of fused-ring (bicyclic) bond motifs is 3. The molecule has 3 saturated heterocycles. The number of nitrogens with zero attached hydrogens (tertiary/aromatic N) is 9. The molecule has 104 heavy (non-hydrogen) atoms. The number of alkyl halides is 8. The minimum Gasteiger partial charge on any atom is -0.347 e. The van der Waals surface area contributed by atoms with E-state index in [0.717, 1.165) is 24.5 Å². The van der Waals surface area contributed by atoms with Crippen LogP contribution in [0.5, 0.6) is 0 Å². The summed E-state index contributed by atoms with van der Waals surface area (Å²) in [5.74, 6) is -16.6. The summed E-state index contributed by atoms with van der Waals surface area (Å²) in [6.07, 6.45) is -14.1. The predicted octanol–water partition coefficient (Wildman–Crippen LogP) is 6.17. The van der Waals surface area contributed by atoms with E-state index in [1.54, 1.807) is 27.7 Å². The first-order valence-corrected chi connectivity index (χ1v) is 37.4. The maximum atomic E-state index is 15.5. The molecule has 7 fully saturated rings. The Balaban J connectivity index is 1.30. The number of hydrogen-bond donors (Lipinski definition) is 3. The number of likely N-dealkylation sites (N-methyl/N-ethyl adjacent to an activating group) is 7. The fourth-order valence-electron chi connectivity index (χ4n) is 17.2. The van der Waals surface area contributed by atoms with Crippen LogP contribution in [0.4, 0.5) is 35.1 Å². The molecule has 3 heterocycles. The molecule has 12 amide bonds. The van der Waals surface area contributed by atoms with Gasteiger partial charge in [-0.3, -0.25) is 57.5 Å². The highest BCUT2D eigenvalue weighted by Crippen LogP contribution is 2.46. The van der Waals surface area contributed by atoms with Crippen molar-refractivity contribution in [3.05, 3.63) is 0 Å². The van der Waals surface area contributed by atoms with Crippen molar-refractivity contribution in [1.29, 1.82) is 0 Å². The van der Waals surface area contributed by atoms with E-state index in [-0.39, 0.29) is 96.1 Å². The van der Waals surface area contributed by atoms with Gasteiger partial charge in [0, 0.05) is 69.5 Å². The number of nitrogens with one attached hydrogen (secondary N) is 3. The molecule has 3 aliphatic heterocycles. The van der Waals surface area contributed by atoms with Gasteiger partial charge in [0.05, 0.1) is 25.4 Å². The van der Waals surface area contributed by atoms with Gasteiger partial charge in [-0.1, -0.05) is 59.8 Å². The molecule has 4 saturated carbocycles. The molecule has 2 unspecified atom stereocenters. The summed E-state index contributed by atoms with van der Waals surface area (Å²) in [4.78, 5) is 190. The van der Waals surface area contributed by atoms with E-state index in [2.05, 4.69) is 16.0 Å². The van der Waals surface area contributed by atoms with Gasteiger partial charge in [-0.25, -0.2) is 8.78 Å². The van der Waals surface area contributed by atoms with Gasteiger partial charge in [0.2, 0.25) is 70.9 Å². The Morgan fingerprint density at radius 2 is 1.20 bits per heavy atom. The van der Waals surface area contributed by atoms with E-state index < -0.39 is 224 Å². The van der Waals surface area contributed by atoms with Gasteiger partial charge in [0.15, 0.2) is 0 Å². The summed E-state index contributed by atoms with van der Waals surface area (Å²) in [7, 11) is 10.9. The van der Waals surface area contributed by atoms with Crippen LogP contribution in [0.3, 0.4) is 0 Å². The van der Waals surface area contributed by atoms with Crippen LogP contribution in [0.15, 0.2) is 0 Å². The normalized spacial score (nSPS) is 32.5. The highest BCUT2D eigenvalue weighted by molar-refractivity contribution is 6.01. The van der Waals surface area contributed by atoms with Gasteiger partial charge in [-0.2, -0.15) is 26.3 Å². The van der Waals surface area contributed by atoms with Crippen LogP contribution < -0.4 is 16.0 Å². The molecule has 588 valence electrons. The van der Waals surface area contributed by atoms with Crippen LogP contribution in [-0.4, -0.2) is 276 Å². The predicted molar refractivity (Wildman–Crippen MR) is 366 cm³/mol. The largest absolute Gasteiger partial charge is 0.397 e. The van der Waals surface area contributed by atoms with Gasteiger partial charge in [0.1, 0.15) is 72.1 Å². The van der Waals surface area contributed by atoms with Crippen molar-refractivity contribution in [3.63, 3.8) is 0 Å². The molecule has 0 aromatic carbocycles.